The van der Waals surface area contributed by atoms with Gasteiger partial charge in [0.15, 0.2) is 0 Å². The van der Waals surface area contributed by atoms with Gasteiger partial charge in [0, 0.05) is 16.7 Å². The maximum atomic E-state index is 10.4. The molecule has 2 rings (SSSR count). The van der Waals surface area contributed by atoms with Crippen LogP contribution >= 0.6 is 0 Å². The first-order valence-corrected chi connectivity index (χ1v) is 7.30. The molecule has 4 heteroatoms. The molecular weight excluding hydrogens is 288 g/mol. The van der Waals surface area contributed by atoms with Crippen molar-refractivity contribution in [3.05, 3.63) is 78.4 Å². The third-order valence-corrected chi connectivity index (χ3v) is 3.38. The van der Waals surface area contributed by atoms with Crippen LogP contribution in [0.2, 0.25) is 0 Å². The van der Waals surface area contributed by atoms with Gasteiger partial charge in [-0.2, -0.15) is 5.10 Å². The summed E-state index contributed by atoms with van der Waals surface area (Å²) in [5.74, 6) is 0.207. The average Bonchev–Trinajstić information content (AvgIpc) is 2.56. The number of nitrogens with one attached hydrogen (secondary N) is 1. The molecule has 118 valence electrons. The molecule has 0 aromatic heterocycles. The van der Waals surface area contributed by atoms with Crippen LogP contribution in [0, 0.1) is 0 Å². The van der Waals surface area contributed by atoms with Gasteiger partial charge in [-0.15, -0.1) is 13.2 Å². The number of benzene rings is 2. The Morgan fingerprint density at radius 3 is 2.39 bits per heavy atom. The molecule has 0 spiro atoms. The quantitative estimate of drug-likeness (QED) is 0.313. The van der Waals surface area contributed by atoms with Crippen molar-refractivity contribution in [2.45, 2.75) is 12.8 Å². The first kappa shape index (κ1) is 16.4. The largest absolute Gasteiger partial charge is 0.508 e. The lowest BCUT2D eigenvalue weighted by molar-refractivity contribution is 0.450. The van der Waals surface area contributed by atoms with Crippen LogP contribution in [0.15, 0.2) is 66.8 Å². The first-order chi connectivity index (χ1) is 11.2. The molecule has 0 heterocycles. The molecule has 0 atom stereocenters. The summed E-state index contributed by atoms with van der Waals surface area (Å²) in [5, 5.41) is 24.8. The highest BCUT2D eigenvalue weighted by atomic mass is 16.3. The maximum Gasteiger partial charge on any atom is 0.128 e. The minimum Gasteiger partial charge on any atom is -0.508 e. The van der Waals surface area contributed by atoms with Crippen LogP contribution in [-0.2, 0) is 12.8 Å². The normalized spacial score (nSPS) is 10.6. The number of anilines is 1. The number of phenolic OH excluding ortho intramolecular Hbond substituents is 2. The van der Waals surface area contributed by atoms with Gasteiger partial charge in [0.2, 0.25) is 0 Å². The second-order valence-electron chi connectivity index (χ2n) is 5.02. The van der Waals surface area contributed by atoms with Crippen molar-refractivity contribution in [2.24, 2.45) is 5.10 Å². The van der Waals surface area contributed by atoms with Gasteiger partial charge in [-0.05, 0) is 31.0 Å². The maximum absolute atomic E-state index is 10.4. The van der Waals surface area contributed by atoms with Gasteiger partial charge < -0.3 is 10.2 Å². The monoisotopic (exact) mass is 308 g/mol. The zero-order chi connectivity index (χ0) is 16.7. The minimum absolute atomic E-state index is 0.0955. The summed E-state index contributed by atoms with van der Waals surface area (Å²) in [6.45, 7) is 7.35. The third kappa shape index (κ3) is 4.01. The molecule has 0 radical (unpaired) electrons. The molecule has 0 amide bonds. The van der Waals surface area contributed by atoms with Crippen LogP contribution in [-0.4, -0.2) is 16.4 Å². The van der Waals surface area contributed by atoms with Crippen LogP contribution in [0.5, 0.6) is 11.5 Å². The lowest BCUT2D eigenvalue weighted by Crippen LogP contribution is -1.99. The Hall–Kier alpha value is -3.01. The molecule has 0 aliphatic heterocycles. The van der Waals surface area contributed by atoms with Gasteiger partial charge in [-0.3, -0.25) is 5.43 Å². The number of phenols is 2. The Kier molecular flexibility index (Phi) is 5.58. The highest BCUT2D eigenvalue weighted by molar-refractivity contribution is 5.88. The lowest BCUT2D eigenvalue weighted by Gasteiger charge is -2.12. The van der Waals surface area contributed by atoms with Gasteiger partial charge in [0.25, 0.3) is 0 Å². The SMILES string of the molecule is C=CCc1cc(O)c(CC=C)c(C=NNc2ccccc2)c1O. The summed E-state index contributed by atoms with van der Waals surface area (Å²) >= 11 is 0. The average molecular weight is 308 g/mol. The Labute approximate surface area is 136 Å². The standard InChI is InChI=1S/C19H20N2O2/c1-3-8-14-12-18(22)16(9-4-2)17(19(14)23)13-20-21-15-10-6-5-7-11-15/h3-7,10-13,21-23H,1-2,8-9H2. The van der Waals surface area contributed by atoms with E-state index in [1.54, 1.807) is 18.2 Å². The van der Waals surface area contributed by atoms with Crippen molar-refractivity contribution in [1.82, 2.24) is 0 Å². The predicted octanol–water partition coefficient (Wildman–Crippen LogP) is 4.00. The summed E-state index contributed by atoms with van der Waals surface area (Å²) in [6.07, 6.45) is 5.74. The van der Waals surface area contributed by atoms with Gasteiger partial charge in [-0.25, -0.2) is 0 Å². The van der Waals surface area contributed by atoms with Crippen LogP contribution < -0.4 is 5.43 Å². The molecule has 3 N–H and O–H groups in total. The summed E-state index contributed by atoms with van der Waals surface area (Å²) in [5.41, 5.74) is 5.39. The predicted molar refractivity (Wildman–Crippen MR) is 95.2 cm³/mol. The molecule has 0 saturated heterocycles. The number of hydrogen-bond donors (Lipinski definition) is 3. The summed E-state index contributed by atoms with van der Waals surface area (Å²) < 4.78 is 0. The van der Waals surface area contributed by atoms with E-state index in [2.05, 4.69) is 23.7 Å². The molecule has 2 aromatic carbocycles. The number of hydrogen-bond acceptors (Lipinski definition) is 4. The molecular formula is C19H20N2O2. The van der Waals surface area contributed by atoms with Crippen molar-refractivity contribution in [2.75, 3.05) is 5.43 Å². The van der Waals surface area contributed by atoms with Crippen molar-refractivity contribution in [1.29, 1.82) is 0 Å². The number of para-hydroxylation sites is 1. The van der Waals surface area contributed by atoms with E-state index >= 15 is 0 Å². The fraction of sp³-hybridized carbons (Fsp3) is 0.105. The molecule has 2 aromatic rings. The van der Waals surface area contributed by atoms with Gasteiger partial charge >= 0.3 is 0 Å². The van der Waals surface area contributed by atoms with E-state index in [-0.39, 0.29) is 11.5 Å². The van der Waals surface area contributed by atoms with Gasteiger partial charge in [-0.1, -0.05) is 30.4 Å². The molecule has 0 aliphatic carbocycles. The fourth-order valence-electron chi connectivity index (χ4n) is 2.27. The molecule has 0 bridgehead atoms. The molecule has 0 saturated carbocycles. The van der Waals surface area contributed by atoms with E-state index in [4.69, 9.17) is 0 Å². The Morgan fingerprint density at radius 1 is 1.04 bits per heavy atom. The summed E-state index contributed by atoms with van der Waals surface area (Å²) in [4.78, 5) is 0. The van der Waals surface area contributed by atoms with Crippen molar-refractivity contribution < 1.29 is 10.2 Å². The van der Waals surface area contributed by atoms with E-state index in [0.29, 0.717) is 29.5 Å². The van der Waals surface area contributed by atoms with Gasteiger partial charge in [0.1, 0.15) is 11.5 Å². The molecule has 0 fully saturated rings. The number of rotatable bonds is 7. The second kappa shape index (κ2) is 7.84. The highest BCUT2D eigenvalue weighted by Crippen LogP contribution is 2.33. The zero-order valence-corrected chi connectivity index (χ0v) is 12.9. The number of nitrogens with zero attached hydrogens (tertiary/aromatic N) is 1. The van der Waals surface area contributed by atoms with Crippen LogP contribution in [0.3, 0.4) is 0 Å². The van der Waals surface area contributed by atoms with Gasteiger partial charge in [0.05, 0.1) is 11.9 Å². The van der Waals surface area contributed by atoms with E-state index in [0.717, 1.165) is 5.69 Å². The Balaban J connectivity index is 2.37. The van der Waals surface area contributed by atoms with Crippen molar-refractivity contribution >= 4 is 11.9 Å². The smallest absolute Gasteiger partial charge is 0.128 e. The van der Waals surface area contributed by atoms with E-state index < -0.39 is 0 Å². The van der Waals surface area contributed by atoms with Crippen LogP contribution in [0.4, 0.5) is 5.69 Å². The summed E-state index contributed by atoms with van der Waals surface area (Å²) in [7, 11) is 0. The van der Waals surface area contributed by atoms with E-state index in [1.165, 1.54) is 6.21 Å². The third-order valence-electron chi connectivity index (χ3n) is 3.38. The van der Waals surface area contributed by atoms with Crippen LogP contribution in [0.25, 0.3) is 0 Å². The number of aromatic hydroxyl groups is 2. The molecule has 23 heavy (non-hydrogen) atoms. The number of hydrazone groups is 1. The van der Waals surface area contributed by atoms with Crippen molar-refractivity contribution in [3.63, 3.8) is 0 Å². The molecule has 0 unspecified atom stereocenters. The van der Waals surface area contributed by atoms with Crippen LogP contribution in [0.1, 0.15) is 16.7 Å². The minimum atomic E-state index is 0.0955. The number of allylic oxidation sites excluding steroid dienone is 2. The molecule has 0 aliphatic rings. The lowest BCUT2D eigenvalue weighted by atomic mass is 9.97. The second-order valence-corrected chi connectivity index (χ2v) is 5.02. The van der Waals surface area contributed by atoms with E-state index in [1.807, 2.05) is 30.3 Å². The summed E-state index contributed by atoms with van der Waals surface area (Å²) in [6, 6.07) is 11.0. The Morgan fingerprint density at radius 2 is 1.74 bits per heavy atom. The first-order valence-electron chi connectivity index (χ1n) is 7.30. The fourth-order valence-corrected chi connectivity index (χ4v) is 2.27. The zero-order valence-electron chi connectivity index (χ0n) is 12.9. The topological polar surface area (TPSA) is 64.9 Å². The highest BCUT2D eigenvalue weighted by Gasteiger charge is 2.14. The van der Waals surface area contributed by atoms with E-state index in [9.17, 15) is 10.2 Å². The Bertz CT molecular complexity index is 722. The van der Waals surface area contributed by atoms with Crippen molar-refractivity contribution in [3.8, 4) is 11.5 Å². The molecule has 4 nitrogen and oxygen atoms in total.